The molecule has 26 heavy (non-hydrogen) atoms. The number of ether oxygens (including phenoxy) is 1. The van der Waals surface area contributed by atoms with E-state index in [1.54, 1.807) is 25.1 Å². The van der Waals surface area contributed by atoms with Gasteiger partial charge in [-0.05, 0) is 38.7 Å². The van der Waals surface area contributed by atoms with Crippen LogP contribution in [-0.4, -0.2) is 37.8 Å². The average Bonchev–Trinajstić information content (AvgIpc) is 3.42. The molecule has 6 nitrogen and oxygen atoms in total. The Labute approximate surface area is 171 Å². The van der Waals surface area contributed by atoms with Crippen molar-refractivity contribution in [2.75, 3.05) is 19.7 Å². The minimum absolute atomic E-state index is 0. The fourth-order valence-electron chi connectivity index (χ4n) is 2.50. The Kier molecular flexibility index (Phi) is 10.3. The van der Waals surface area contributed by atoms with E-state index in [0.717, 1.165) is 12.8 Å². The first-order valence-electron chi connectivity index (χ1n) is 8.82. The highest BCUT2D eigenvalue weighted by molar-refractivity contribution is 14.0. The number of hydrogen-bond donors (Lipinski definition) is 3. The van der Waals surface area contributed by atoms with Crippen LogP contribution in [0.15, 0.2) is 29.3 Å². The first-order chi connectivity index (χ1) is 12.1. The van der Waals surface area contributed by atoms with Crippen LogP contribution < -0.4 is 16.0 Å². The summed E-state index contributed by atoms with van der Waals surface area (Å²) in [5.41, 5.74) is 0.545. The van der Waals surface area contributed by atoms with Crippen molar-refractivity contribution in [3.05, 3.63) is 35.6 Å². The third-order valence-corrected chi connectivity index (χ3v) is 3.97. The van der Waals surface area contributed by atoms with Gasteiger partial charge in [0, 0.05) is 18.7 Å². The molecule has 0 spiro atoms. The van der Waals surface area contributed by atoms with E-state index < -0.39 is 6.09 Å². The second-order valence-electron chi connectivity index (χ2n) is 5.98. The first kappa shape index (κ1) is 22.5. The lowest BCUT2D eigenvalue weighted by Crippen LogP contribution is -2.48. The molecule has 0 saturated heterocycles. The molecule has 146 valence electrons. The summed E-state index contributed by atoms with van der Waals surface area (Å²) in [5, 5.41) is 9.26. The fourth-order valence-corrected chi connectivity index (χ4v) is 2.50. The molecule has 1 saturated carbocycles. The highest BCUT2D eigenvalue weighted by Gasteiger charge is 2.32. The summed E-state index contributed by atoms with van der Waals surface area (Å²) in [6, 6.07) is 6.60. The van der Waals surface area contributed by atoms with Crippen molar-refractivity contribution < 1.29 is 13.9 Å². The molecule has 0 heterocycles. The maximum absolute atomic E-state index is 13.7. The molecular formula is C18H28FIN4O2. The number of carbonyl (C=O) groups is 1. The number of hydrogen-bond acceptors (Lipinski definition) is 3. The Morgan fingerprint density at radius 3 is 2.65 bits per heavy atom. The smallest absolute Gasteiger partial charge is 0.407 e. The Balaban J connectivity index is 0.00000338. The van der Waals surface area contributed by atoms with Crippen LogP contribution in [-0.2, 0) is 11.3 Å². The van der Waals surface area contributed by atoms with Gasteiger partial charge in [0.2, 0.25) is 0 Å². The van der Waals surface area contributed by atoms with Gasteiger partial charge in [0.05, 0.1) is 19.2 Å². The molecule has 1 aromatic rings. The van der Waals surface area contributed by atoms with Gasteiger partial charge < -0.3 is 20.7 Å². The Bertz CT molecular complexity index is 596. The van der Waals surface area contributed by atoms with E-state index >= 15 is 0 Å². The summed E-state index contributed by atoms with van der Waals surface area (Å²) in [5.74, 6) is 0.801. The average molecular weight is 478 g/mol. The van der Waals surface area contributed by atoms with E-state index in [2.05, 4.69) is 20.9 Å². The van der Waals surface area contributed by atoms with Gasteiger partial charge in [-0.15, -0.1) is 24.0 Å². The molecule has 2 rings (SSSR count). The number of rotatable bonds is 8. The Morgan fingerprint density at radius 2 is 2.04 bits per heavy atom. The number of carbonyl (C=O) groups excluding carboxylic acids is 1. The van der Waals surface area contributed by atoms with Crippen LogP contribution in [0.3, 0.4) is 0 Å². The van der Waals surface area contributed by atoms with Gasteiger partial charge >= 0.3 is 6.09 Å². The van der Waals surface area contributed by atoms with Crippen LogP contribution in [0.25, 0.3) is 0 Å². The van der Waals surface area contributed by atoms with Crippen LogP contribution in [0.1, 0.15) is 32.3 Å². The van der Waals surface area contributed by atoms with Crippen LogP contribution in [0.2, 0.25) is 0 Å². The van der Waals surface area contributed by atoms with E-state index in [-0.39, 0.29) is 42.4 Å². The molecule has 1 aliphatic rings. The van der Waals surface area contributed by atoms with E-state index in [0.29, 0.717) is 37.1 Å². The van der Waals surface area contributed by atoms with Crippen molar-refractivity contribution in [1.82, 2.24) is 16.0 Å². The maximum Gasteiger partial charge on any atom is 0.407 e. The summed E-state index contributed by atoms with van der Waals surface area (Å²) in [6.45, 7) is 5.60. The van der Waals surface area contributed by atoms with Crippen molar-refractivity contribution >= 4 is 36.0 Å². The number of alkyl carbamates (subject to hydrolysis) is 1. The largest absolute Gasteiger partial charge is 0.450 e. The van der Waals surface area contributed by atoms with Crippen LogP contribution >= 0.6 is 24.0 Å². The van der Waals surface area contributed by atoms with Gasteiger partial charge in [0.1, 0.15) is 5.82 Å². The molecule has 0 radical (unpaired) electrons. The zero-order chi connectivity index (χ0) is 18.1. The van der Waals surface area contributed by atoms with Gasteiger partial charge in [-0.2, -0.15) is 0 Å². The number of aliphatic imine (C=N–C) groups is 1. The Morgan fingerprint density at radius 1 is 1.31 bits per heavy atom. The maximum atomic E-state index is 13.7. The fraction of sp³-hybridized carbons (Fsp3) is 0.556. The zero-order valence-corrected chi connectivity index (χ0v) is 17.6. The van der Waals surface area contributed by atoms with E-state index in [1.165, 1.54) is 6.07 Å². The van der Waals surface area contributed by atoms with Gasteiger partial charge in [-0.1, -0.05) is 18.2 Å². The monoisotopic (exact) mass is 478 g/mol. The second-order valence-corrected chi connectivity index (χ2v) is 5.98. The zero-order valence-electron chi connectivity index (χ0n) is 15.3. The van der Waals surface area contributed by atoms with Crippen LogP contribution in [0, 0.1) is 11.7 Å². The van der Waals surface area contributed by atoms with E-state index in [9.17, 15) is 9.18 Å². The summed E-state index contributed by atoms with van der Waals surface area (Å²) in [4.78, 5) is 16.1. The normalized spacial score (nSPS) is 14.8. The predicted octanol–water partition coefficient (Wildman–Crippen LogP) is 3.02. The van der Waals surface area contributed by atoms with Crippen molar-refractivity contribution in [3.8, 4) is 0 Å². The number of nitrogens with one attached hydrogen (secondary N) is 3. The van der Waals surface area contributed by atoms with Crippen LogP contribution in [0.4, 0.5) is 9.18 Å². The van der Waals surface area contributed by atoms with Crippen molar-refractivity contribution in [3.63, 3.8) is 0 Å². The lowest BCUT2D eigenvalue weighted by Gasteiger charge is -2.20. The summed E-state index contributed by atoms with van der Waals surface area (Å²) in [7, 11) is 0. The third-order valence-electron chi connectivity index (χ3n) is 3.97. The molecule has 1 amide bonds. The van der Waals surface area contributed by atoms with E-state index in [4.69, 9.17) is 4.74 Å². The number of guanidine groups is 1. The lowest BCUT2D eigenvalue weighted by molar-refractivity contribution is 0.146. The minimum atomic E-state index is -0.394. The molecule has 0 bridgehead atoms. The van der Waals surface area contributed by atoms with Gasteiger partial charge in [-0.25, -0.2) is 14.2 Å². The first-order valence-corrected chi connectivity index (χ1v) is 8.82. The summed E-state index contributed by atoms with van der Waals surface area (Å²) in [6.07, 6.45) is 1.80. The van der Waals surface area contributed by atoms with Crippen molar-refractivity contribution in [2.24, 2.45) is 10.9 Å². The number of benzene rings is 1. The SMILES string of the molecule is CCNC(=NCc1ccccc1F)NCC(NC(=O)OCC)C1CC1.I. The Hall–Kier alpha value is -1.58. The van der Waals surface area contributed by atoms with Crippen molar-refractivity contribution in [2.45, 2.75) is 39.3 Å². The number of nitrogens with zero attached hydrogens (tertiary/aromatic N) is 1. The molecule has 1 unspecified atom stereocenters. The molecule has 1 aliphatic carbocycles. The standard InChI is InChI=1S/C18H27FN4O2.HI/c1-3-20-17(21-11-14-7-5-6-8-15(14)19)22-12-16(13-9-10-13)23-18(24)25-4-2;/h5-8,13,16H,3-4,9-12H2,1-2H3,(H,23,24)(H2,20,21,22);1H. The molecular weight excluding hydrogens is 450 g/mol. The molecule has 0 aromatic heterocycles. The number of amides is 1. The molecule has 1 aromatic carbocycles. The minimum Gasteiger partial charge on any atom is -0.450 e. The summed E-state index contributed by atoms with van der Waals surface area (Å²) >= 11 is 0. The lowest BCUT2D eigenvalue weighted by atomic mass is 10.2. The number of halogens is 2. The third kappa shape index (κ3) is 7.76. The topological polar surface area (TPSA) is 74.8 Å². The van der Waals surface area contributed by atoms with Gasteiger partial charge in [-0.3, -0.25) is 0 Å². The van der Waals surface area contributed by atoms with Gasteiger partial charge in [0.25, 0.3) is 0 Å². The molecule has 1 atom stereocenters. The molecule has 8 heteroatoms. The molecule has 1 fully saturated rings. The second kappa shape index (κ2) is 11.9. The quantitative estimate of drug-likeness (QED) is 0.305. The predicted molar refractivity (Wildman–Crippen MR) is 111 cm³/mol. The molecule has 3 N–H and O–H groups in total. The van der Waals surface area contributed by atoms with Gasteiger partial charge in [0.15, 0.2) is 5.96 Å². The summed E-state index contributed by atoms with van der Waals surface area (Å²) < 4.78 is 18.7. The van der Waals surface area contributed by atoms with Crippen molar-refractivity contribution in [1.29, 1.82) is 0 Å². The van der Waals surface area contributed by atoms with E-state index in [1.807, 2.05) is 6.92 Å². The highest BCUT2D eigenvalue weighted by Crippen LogP contribution is 2.32. The highest BCUT2D eigenvalue weighted by atomic mass is 127. The van der Waals surface area contributed by atoms with Crippen LogP contribution in [0.5, 0.6) is 0 Å². The molecule has 0 aliphatic heterocycles.